The molecule has 0 saturated carbocycles. The summed E-state index contributed by atoms with van der Waals surface area (Å²) in [5.74, 6) is -0.223. The van der Waals surface area contributed by atoms with E-state index in [9.17, 15) is 13.2 Å². The minimum Gasteiger partial charge on any atom is -0.348 e. The fourth-order valence-corrected chi connectivity index (χ4v) is 4.67. The molecule has 1 atom stereocenters. The van der Waals surface area contributed by atoms with E-state index in [4.69, 9.17) is 0 Å². The van der Waals surface area contributed by atoms with Crippen LogP contribution in [-0.4, -0.2) is 50.9 Å². The first-order valence-electron chi connectivity index (χ1n) is 8.52. The number of carbonyl (C=O) groups excluding carboxylic acids is 1. The summed E-state index contributed by atoms with van der Waals surface area (Å²) in [4.78, 5) is 12.7. The van der Waals surface area contributed by atoms with Gasteiger partial charge in [0.05, 0.1) is 4.90 Å². The van der Waals surface area contributed by atoms with E-state index in [1.54, 1.807) is 19.1 Å². The highest BCUT2D eigenvalue weighted by atomic mass is 35.5. The lowest BCUT2D eigenvalue weighted by molar-refractivity contribution is 0.0930. The number of piperidine rings is 1. The molecule has 0 aromatic heterocycles. The quantitative estimate of drug-likeness (QED) is 0.779. The molecule has 1 saturated heterocycles. The molecule has 1 aliphatic heterocycles. The number of halogens is 1. The molecule has 6 nitrogen and oxygen atoms in total. The highest BCUT2D eigenvalue weighted by Crippen LogP contribution is 2.21. The van der Waals surface area contributed by atoms with Crippen LogP contribution in [0.15, 0.2) is 23.1 Å². The van der Waals surface area contributed by atoms with Crippen LogP contribution in [0.5, 0.6) is 0 Å². The molecule has 0 bridgehead atoms. The van der Waals surface area contributed by atoms with E-state index in [2.05, 4.69) is 10.6 Å². The predicted octanol–water partition coefficient (Wildman–Crippen LogP) is 1.93. The van der Waals surface area contributed by atoms with Crippen molar-refractivity contribution in [2.45, 2.75) is 44.6 Å². The third-order valence-corrected chi connectivity index (χ3v) is 6.60. The van der Waals surface area contributed by atoms with Crippen molar-refractivity contribution >= 4 is 28.3 Å². The van der Waals surface area contributed by atoms with Gasteiger partial charge < -0.3 is 10.6 Å². The van der Waals surface area contributed by atoms with Crippen LogP contribution in [0.1, 0.15) is 42.6 Å². The SMILES string of the molecule is CCN(CC)S(=O)(=O)c1cc(C(=O)N[C@H]2CCCNC2)ccc1C.Cl. The Kier molecular flexibility index (Phi) is 8.34. The van der Waals surface area contributed by atoms with Gasteiger partial charge in [-0.1, -0.05) is 19.9 Å². The molecular formula is C17H28ClN3O3S. The lowest BCUT2D eigenvalue weighted by Gasteiger charge is -2.24. The summed E-state index contributed by atoms with van der Waals surface area (Å²) in [6.45, 7) is 7.91. The van der Waals surface area contributed by atoms with Crippen LogP contribution in [0.2, 0.25) is 0 Å². The normalized spacial score (nSPS) is 17.8. The summed E-state index contributed by atoms with van der Waals surface area (Å²) in [5, 5.41) is 6.23. The Morgan fingerprint density at radius 3 is 2.56 bits per heavy atom. The molecule has 8 heteroatoms. The Labute approximate surface area is 156 Å². The monoisotopic (exact) mass is 389 g/mol. The van der Waals surface area contributed by atoms with Gasteiger partial charge in [0.2, 0.25) is 10.0 Å². The van der Waals surface area contributed by atoms with Crippen molar-refractivity contribution < 1.29 is 13.2 Å². The summed E-state index contributed by atoms with van der Waals surface area (Å²) >= 11 is 0. The van der Waals surface area contributed by atoms with E-state index in [0.29, 0.717) is 24.2 Å². The van der Waals surface area contributed by atoms with Gasteiger partial charge in [-0.2, -0.15) is 4.31 Å². The largest absolute Gasteiger partial charge is 0.348 e. The van der Waals surface area contributed by atoms with Crippen LogP contribution in [0.4, 0.5) is 0 Å². The molecule has 0 unspecified atom stereocenters. The van der Waals surface area contributed by atoms with Crippen LogP contribution >= 0.6 is 12.4 Å². The average Bonchev–Trinajstić information content (AvgIpc) is 2.56. The molecule has 2 rings (SSSR count). The molecule has 1 amide bonds. The maximum atomic E-state index is 12.8. The van der Waals surface area contributed by atoms with Gasteiger partial charge in [0, 0.05) is 31.2 Å². The number of nitrogens with one attached hydrogen (secondary N) is 2. The lowest BCUT2D eigenvalue weighted by Crippen LogP contribution is -2.45. The molecule has 2 N–H and O–H groups in total. The summed E-state index contributed by atoms with van der Waals surface area (Å²) < 4.78 is 26.9. The van der Waals surface area contributed by atoms with Crippen molar-refractivity contribution in [2.75, 3.05) is 26.2 Å². The molecule has 25 heavy (non-hydrogen) atoms. The maximum Gasteiger partial charge on any atom is 0.251 e. The van der Waals surface area contributed by atoms with Gasteiger partial charge in [0.15, 0.2) is 0 Å². The fraction of sp³-hybridized carbons (Fsp3) is 0.588. The van der Waals surface area contributed by atoms with Crippen molar-refractivity contribution in [3.63, 3.8) is 0 Å². The first-order chi connectivity index (χ1) is 11.4. The highest BCUT2D eigenvalue weighted by Gasteiger charge is 2.25. The van der Waals surface area contributed by atoms with Gasteiger partial charge in [-0.05, 0) is 44.0 Å². The van der Waals surface area contributed by atoms with Crippen molar-refractivity contribution in [1.29, 1.82) is 0 Å². The van der Waals surface area contributed by atoms with Crippen LogP contribution < -0.4 is 10.6 Å². The summed E-state index contributed by atoms with van der Waals surface area (Å²) in [6.07, 6.45) is 1.97. The van der Waals surface area contributed by atoms with E-state index in [-0.39, 0.29) is 29.3 Å². The number of hydrogen-bond donors (Lipinski definition) is 2. The molecule has 0 radical (unpaired) electrons. The summed E-state index contributed by atoms with van der Waals surface area (Å²) in [7, 11) is -3.58. The molecule has 142 valence electrons. The number of sulfonamides is 1. The Balaban J connectivity index is 0.00000312. The summed E-state index contributed by atoms with van der Waals surface area (Å²) in [6, 6.07) is 4.97. The second-order valence-corrected chi connectivity index (χ2v) is 7.99. The Morgan fingerprint density at radius 2 is 2.00 bits per heavy atom. The topological polar surface area (TPSA) is 78.5 Å². The lowest BCUT2D eigenvalue weighted by atomic mass is 10.1. The minimum absolute atomic E-state index is 0. The van der Waals surface area contributed by atoms with Gasteiger partial charge in [0.25, 0.3) is 5.91 Å². The van der Waals surface area contributed by atoms with Crippen LogP contribution in [0.3, 0.4) is 0 Å². The standard InChI is InChI=1S/C17H27N3O3S.ClH/c1-4-20(5-2)24(22,23)16-11-14(9-8-13(16)3)17(21)19-15-7-6-10-18-12-15;/h8-9,11,15,18H,4-7,10,12H2,1-3H3,(H,19,21);1H/t15-;/m0./s1. The molecule has 1 aromatic rings. The average molecular weight is 390 g/mol. The number of carbonyl (C=O) groups is 1. The van der Waals surface area contributed by atoms with Crippen molar-refractivity contribution in [3.8, 4) is 0 Å². The molecule has 1 fully saturated rings. The first kappa shape index (κ1) is 21.9. The second kappa shape index (κ2) is 9.52. The van der Waals surface area contributed by atoms with E-state index in [0.717, 1.165) is 25.9 Å². The minimum atomic E-state index is -3.58. The zero-order valence-electron chi connectivity index (χ0n) is 15.0. The molecule has 1 aromatic carbocycles. The highest BCUT2D eigenvalue weighted by molar-refractivity contribution is 7.89. The van der Waals surface area contributed by atoms with E-state index in [1.807, 2.05) is 13.8 Å². The smallest absolute Gasteiger partial charge is 0.251 e. The van der Waals surface area contributed by atoms with Crippen molar-refractivity contribution in [3.05, 3.63) is 29.3 Å². The zero-order valence-corrected chi connectivity index (χ0v) is 16.7. The van der Waals surface area contributed by atoms with Crippen LogP contribution in [-0.2, 0) is 10.0 Å². The molecule has 0 spiro atoms. The number of benzene rings is 1. The fourth-order valence-electron chi connectivity index (χ4n) is 2.97. The van der Waals surface area contributed by atoms with Crippen molar-refractivity contribution in [2.24, 2.45) is 0 Å². The number of nitrogens with zero attached hydrogens (tertiary/aromatic N) is 1. The van der Waals surface area contributed by atoms with Crippen molar-refractivity contribution in [1.82, 2.24) is 14.9 Å². The first-order valence-corrected chi connectivity index (χ1v) is 9.96. The van der Waals surface area contributed by atoms with Gasteiger partial charge in [-0.3, -0.25) is 4.79 Å². The number of aryl methyl sites for hydroxylation is 1. The Hall–Kier alpha value is -1.15. The third kappa shape index (κ3) is 5.17. The number of amides is 1. The molecule has 1 heterocycles. The maximum absolute atomic E-state index is 12.8. The Morgan fingerprint density at radius 1 is 1.32 bits per heavy atom. The second-order valence-electron chi connectivity index (χ2n) is 6.09. The van der Waals surface area contributed by atoms with E-state index < -0.39 is 10.0 Å². The molecule has 0 aliphatic carbocycles. The van der Waals surface area contributed by atoms with Crippen LogP contribution in [0, 0.1) is 6.92 Å². The number of rotatable bonds is 6. The van der Waals surface area contributed by atoms with Gasteiger partial charge in [-0.25, -0.2) is 8.42 Å². The van der Waals surface area contributed by atoms with Gasteiger partial charge in [-0.15, -0.1) is 12.4 Å². The van der Waals surface area contributed by atoms with Crippen LogP contribution in [0.25, 0.3) is 0 Å². The predicted molar refractivity (Wildman–Crippen MR) is 102 cm³/mol. The van der Waals surface area contributed by atoms with Gasteiger partial charge >= 0.3 is 0 Å². The Bertz CT molecular complexity index is 684. The number of hydrogen-bond acceptors (Lipinski definition) is 4. The van der Waals surface area contributed by atoms with E-state index in [1.165, 1.54) is 10.4 Å². The molecule has 1 aliphatic rings. The third-order valence-electron chi connectivity index (χ3n) is 4.41. The van der Waals surface area contributed by atoms with Gasteiger partial charge in [0.1, 0.15) is 0 Å². The molecular weight excluding hydrogens is 362 g/mol. The zero-order chi connectivity index (χ0) is 17.7. The summed E-state index contributed by atoms with van der Waals surface area (Å²) in [5.41, 5.74) is 1.04. The van der Waals surface area contributed by atoms with E-state index >= 15 is 0 Å².